The summed E-state index contributed by atoms with van der Waals surface area (Å²) < 4.78 is 1.05. The Labute approximate surface area is 107 Å². The van der Waals surface area contributed by atoms with Crippen LogP contribution in [0.5, 0.6) is 0 Å². The van der Waals surface area contributed by atoms with Crippen molar-refractivity contribution in [3.05, 3.63) is 50.3 Å². The highest BCUT2D eigenvalue weighted by Gasteiger charge is 2.01. The van der Waals surface area contributed by atoms with E-state index in [1.165, 1.54) is 0 Å². The van der Waals surface area contributed by atoms with Gasteiger partial charge in [-0.25, -0.2) is 4.98 Å². The largest absolute Gasteiger partial charge is 0.326 e. The summed E-state index contributed by atoms with van der Waals surface area (Å²) in [6.45, 7) is 3.72. The van der Waals surface area contributed by atoms with Gasteiger partial charge in [-0.3, -0.25) is 9.78 Å². The number of aryl methyl sites for hydroxylation is 2. The minimum Gasteiger partial charge on any atom is -0.326 e. The zero-order valence-electron chi connectivity index (χ0n) is 9.54. The third kappa shape index (κ3) is 2.74. The molecule has 1 aromatic heterocycles. The van der Waals surface area contributed by atoms with Crippen molar-refractivity contribution in [1.82, 2.24) is 9.97 Å². The minimum atomic E-state index is -0.128. The molecular weight excluding hydrogens is 282 g/mol. The van der Waals surface area contributed by atoms with Gasteiger partial charge in [0.05, 0.1) is 0 Å². The number of H-pyrrole nitrogens is 1. The van der Waals surface area contributed by atoms with Gasteiger partial charge < -0.3 is 5.32 Å². The molecule has 0 atom stereocenters. The van der Waals surface area contributed by atoms with Crippen molar-refractivity contribution in [1.29, 1.82) is 0 Å². The summed E-state index contributed by atoms with van der Waals surface area (Å²) in [6, 6.07) is 5.84. The molecule has 17 heavy (non-hydrogen) atoms. The lowest BCUT2D eigenvalue weighted by Gasteiger charge is -2.07. The van der Waals surface area contributed by atoms with E-state index in [1.807, 2.05) is 25.1 Å². The molecule has 0 amide bonds. The molecule has 0 saturated carbocycles. The molecule has 0 unspecified atom stereocenters. The van der Waals surface area contributed by atoms with E-state index in [0.717, 1.165) is 15.7 Å². The Kier molecular flexibility index (Phi) is 3.28. The number of rotatable bonds is 2. The fraction of sp³-hybridized carbons (Fsp3) is 0.167. The molecule has 0 aliphatic carbocycles. The van der Waals surface area contributed by atoms with Crippen LogP contribution in [0.2, 0.25) is 0 Å². The molecular formula is C12H12BrN3O. The molecule has 0 saturated heterocycles. The van der Waals surface area contributed by atoms with Crippen LogP contribution in [0.1, 0.15) is 11.1 Å². The molecule has 0 radical (unpaired) electrons. The second-order valence-corrected chi connectivity index (χ2v) is 4.69. The molecule has 0 bridgehead atoms. The molecule has 5 heteroatoms. The van der Waals surface area contributed by atoms with Crippen molar-refractivity contribution in [3.63, 3.8) is 0 Å². The van der Waals surface area contributed by atoms with Crippen LogP contribution < -0.4 is 10.9 Å². The topological polar surface area (TPSA) is 57.8 Å². The molecule has 2 N–H and O–H groups in total. The zero-order chi connectivity index (χ0) is 12.4. The summed E-state index contributed by atoms with van der Waals surface area (Å²) in [7, 11) is 0. The van der Waals surface area contributed by atoms with Gasteiger partial charge in [0.2, 0.25) is 5.95 Å². The predicted octanol–water partition coefficient (Wildman–Crippen LogP) is 2.89. The maximum Gasteiger partial charge on any atom is 0.255 e. The molecule has 88 valence electrons. The van der Waals surface area contributed by atoms with Gasteiger partial charge in [-0.2, -0.15) is 0 Å². The summed E-state index contributed by atoms with van der Waals surface area (Å²) >= 11 is 3.43. The molecule has 0 aliphatic heterocycles. The SMILES string of the molecule is Cc1cc(Nc2ncc(C)c(=O)[nH]2)ccc1Br. The Morgan fingerprint density at radius 1 is 1.29 bits per heavy atom. The number of hydrogen-bond acceptors (Lipinski definition) is 3. The first-order chi connectivity index (χ1) is 8.06. The Balaban J connectivity index is 2.28. The van der Waals surface area contributed by atoms with Gasteiger partial charge in [0.15, 0.2) is 0 Å². The highest BCUT2D eigenvalue weighted by Crippen LogP contribution is 2.21. The van der Waals surface area contributed by atoms with E-state index in [1.54, 1.807) is 13.1 Å². The van der Waals surface area contributed by atoms with Crippen LogP contribution in [0.15, 0.2) is 33.7 Å². The van der Waals surface area contributed by atoms with Crippen molar-refractivity contribution in [2.45, 2.75) is 13.8 Å². The van der Waals surface area contributed by atoms with E-state index in [0.29, 0.717) is 11.5 Å². The predicted molar refractivity (Wildman–Crippen MR) is 71.8 cm³/mol. The molecule has 4 nitrogen and oxygen atoms in total. The van der Waals surface area contributed by atoms with Crippen molar-refractivity contribution in [2.75, 3.05) is 5.32 Å². The number of aromatic amines is 1. The number of anilines is 2. The smallest absolute Gasteiger partial charge is 0.255 e. The zero-order valence-corrected chi connectivity index (χ0v) is 11.1. The molecule has 0 aliphatic rings. The quantitative estimate of drug-likeness (QED) is 0.895. The van der Waals surface area contributed by atoms with E-state index < -0.39 is 0 Å². The molecule has 1 heterocycles. The van der Waals surface area contributed by atoms with Gasteiger partial charge in [0.1, 0.15) is 0 Å². The Morgan fingerprint density at radius 2 is 2.06 bits per heavy atom. The first kappa shape index (κ1) is 11.9. The Hall–Kier alpha value is -1.62. The van der Waals surface area contributed by atoms with Crippen LogP contribution in [0.25, 0.3) is 0 Å². The molecule has 0 fully saturated rings. The van der Waals surface area contributed by atoms with E-state index in [4.69, 9.17) is 0 Å². The second kappa shape index (κ2) is 4.71. The lowest BCUT2D eigenvalue weighted by Crippen LogP contribution is -2.12. The van der Waals surface area contributed by atoms with E-state index >= 15 is 0 Å². The first-order valence-corrected chi connectivity index (χ1v) is 5.94. The van der Waals surface area contributed by atoms with Crippen molar-refractivity contribution in [3.8, 4) is 0 Å². The van der Waals surface area contributed by atoms with Crippen LogP contribution in [0.3, 0.4) is 0 Å². The fourth-order valence-electron chi connectivity index (χ4n) is 1.38. The molecule has 2 aromatic rings. The maximum absolute atomic E-state index is 11.4. The number of nitrogens with one attached hydrogen (secondary N) is 2. The number of hydrogen-bond donors (Lipinski definition) is 2. The standard InChI is InChI=1S/C12H12BrN3O/c1-7-5-9(3-4-10(7)13)15-12-14-6-8(2)11(17)16-12/h3-6H,1-2H3,(H2,14,15,16,17). The monoisotopic (exact) mass is 293 g/mol. The van der Waals surface area contributed by atoms with Gasteiger partial charge in [-0.15, -0.1) is 0 Å². The van der Waals surface area contributed by atoms with Crippen molar-refractivity contribution >= 4 is 27.6 Å². The van der Waals surface area contributed by atoms with E-state index in [9.17, 15) is 4.79 Å². The fourth-order valence-corrected chi connectivity index (χ4v) is 1.63. The normalized spacial score (nSPS) is 10.3. The summed E-state index contributed by atoms with van der Waals surface area (Å²) in [5.74, 6) is 0.447. The number of aromatic nitrogens is 2. The van der Waals surface area contributed by atoms with E-state index in [2.05, 4.69) is 31.2 Å². The molecule has 0 spiro atoms. The second-order valence-electron chi connectivity index (χ2n) is 3.83. The average Bonchev–Trinajstić information content (AvgIpc) is 2.29. The van der Waals surface area contributed by atoms with E-state index in [-0.39, 0.29) is 5.56 Å². The lowest BCUT2D eigenvalue weighted by molar-refractivity contribution is 1.08. The van der Waals surface area contributed by atoms with Crippen molar-refractivity contribution in [2.24, 2.45) is 0 Å². The van der Waals surface area contributed by atoms with Gasteiger partial charge >= 0.3 is 0 Å². The van der Waals surface area contributed by atoms with Gasteiger partial charge in [-0.1, -0.05) is 15.9 Å². The van der Waals surface area contributed by atoms with Gasteiger partial charge in [-0.05, 0) is 37.6 Å². The van der Waals surface area contributed by atoms with Crippen LogP contribution in [-0.4, -0.2) is 9.97 Å². The van der Waals surface area contributed by atoms with Crippen molar-refractivity contribution < 1.29 is 0 Å². The molecule has 1 aromatic carbocycles. The van der Waals surface area contributed by atoms with Crippen LogP contribution in [0, 0.1) is 13.8 Å². The van der Waals surface area contributed by atoms with Crippen LogP contribution in [-0.2, 0) is 0 Å². The average molecular weight is 294 g/mol. The first-order valence-electron chi connectivity index (χ1n) is 5.15. The van der Waals surface area contributed by atoms with Crippen LogP contribution >= 0.6 is 15.9 Å². The van der Waals surface area contributed by atoms with Gasteiger partial charge in [0.25, 0.3) is 5.56 Å². The number of nitrogens with zero attached hydrogens (tertiary/aromatic N) is 1. The summed E-state index contributed by atoms with van der Waals surface area (Å²) in [4.78, 5) is 18.2. The van der Waals surface area contributed by atoms with Crippen LogP contribution in [0.4, 0.5) is 11.6 Å². The molecule has 2 rings (SSSR count). The number of halogens is 1. The number of benzene rings is 1. The Morgan fingerprint density at radius 3 is 2.71 bits per heavy atom. The maximum atomic E-state index is 11.4. The summed E-state index contributed by atoms with van der Waals surface area (Å²) in [6.07, 6.45) is 1.55. The van der Waals surface area contributed by atoms with Gasteiger partial charge in [0, 0.05) is 21.9 Å². The third-order valence-electron chi connectivity index (χ3n) is 2.40. The lowest BCUT2D eigenvalue weighted by atomic mass is 10.2. The third-order valence-corrected chi connectivity index (χ3v) is 3.29. The minimum absolute atomic E-state index is 0.128. The Bertz CT molecular complexity index is 607. The summed E-state index contributed by atoms with van der Waals surface area (Å²) in [5.41, 5.74) is 2.47. The highest BCUT2D eigenvalue weighted by atomic mass is 79.9. The summed E-state index contributed by atoms with van der Waals surface area (Å²) in [5, 5.41) is 3.05. The highest BCUT2D eigenvalue weighted by molar-refractivity contribution is 9.10.